The van der Waals surface area contributed by atoms with Crippen LogP contribution in [-0.2, 0) is 5.60 Å². The van der Waals surface area contributed by atoms with Crippen LogP contribution < -0.4 is 5.73 Å². The Morgan fingerprint density at radius 3 is 2.28 bits per heavy atom. The number of aromatic nitrogens is 1. The first-order valence-electron chi connectivity index (χ1n) is 10.2. The molecule has 1 aromatic carbocycles. The first-order valence-corrected chi connectivity index (χ1v) is 10.2. The number of hydrogen-bond acceptors (Lipinski definition) is 4. The van der Waals surface area contributed by atoms with Gasteiger partial charge in [-0.05, 0) is 44.0 Å². The molecule has 0 aliphatic carbocycles. The van der Waals surface area contributed by atoms with Crippen LogP contribution in [0.2, 0.25) is 0 Å². The van der Waals surface area contributed by atoms with E-state index in [1.807, 2.05) is 19.9 Å². The molecule has 0 saturated carbocycles. The number of nitrogens with zero attached hydrogens (tertiary/aromatic N) is 2. The lowest BCUT2D eigenvalue weighted by Gasteiger charge is -2.55. The standard InChI is InChI=1S/C25H33N3O/c1-18(2)20-7-9-21(10-8-20)25(29,24(5)16-28(6)17-24)22-13-19(14-27-15-22)11-12-23(3,4)26/h7-10,13-15,18,29H,16-17,26H2,1-6H3/t25-/m0/s1. The van der Waals surface area contributed by atoms with Gasteiger partial charge >= 0.3 is 0 Å². The van der Waals surface area contributed by atoms with Crippen LogP contribution in [0.1, 0.15) is 62.8 Å². The normalized spacial score (nSPS) is 18.5. The third-order valence-electron chi connectivity index (χ3n) is 5.79. The molecule has 0 amide bonds. The molecule has 1 fully saturated rings. The van der Waals surface area contributed by atoms with Gasteiger partial charge in [0.15, 0.2) is 0 Å². The molecule has 4 nitrogen and oxygen atoms in total. The highest BCUT2D eigenvalue weighted by molar-refractivity contribution is 5.45. The average Bonchev–Trinajstić information content (AvgIpc) is 2.64. The molecule has 2 aromatic rings. The highest BCUT2D eigenvalue weighted by Crippen LogP contribution is 2.50. The molecule has 3 N–H and O–H groups in total. The van der Waals surface area contributed by atoms with E-state index < -0.39 is 11.1 Å². The molecular weight excluding hydrogens is 358 g/mol. The van der Waals surface area contributed by atoms with E-state index in [0.29, 0.717) is 5.92 Å². The van der Waals surface area contributed by atoms with E-state index in [-0.39, 0.29) is 5.41 Å². The SMILES string of the molecule is CC(C)c1ccc([C@](O)(c2cncc(C#CC(C)(C)N)c2)C2(C)CN(C)C2)cc1. The minimum Gasteiger partial charge on any atom is -0.380 e. The summed E-state index contributed by atoms with van der Waals surface area (Å²) in [6.07, 6.45) is 3.48. The van der Waals surface area contributed by atoms with Crippen molar-refractivity contribution in [3.05, 3.63) is 65.0 Å². The number of likely N-dealkylation sites (tertiary alicyclic amines) is 1. The molecule has 0 unspecified atom stereocenters. The van der Waals surface area contributed by atoms with Crippen molar-refractivity contribution < 1.29 is 5.11 Å². The summed E-state index contributed by atoms with van der Waals surface area (Å²) in [7, 11) is 2.08. The molecule has 1 aliphatic heterocycles. The van der Waals surface area contributed by atoms with Gasteiger partial charge in [-0.1, -0.05) is 56.9 Å². The van der Waals surface area contributed by atoms with Gasteiger partial charge in [-0.3, -0.25) is 4.98 Å². The van der Waals surface area contributed by atoms with Crippen LogP contribution in [-0.4, -0.2) is 40.7 Å². The second-order valence-electron chi connectivity index (χ2n) is 9.65. The fraction of sp³-hybridized carbons (Fsp3) is 0.480. The van der Waals surface area contributed by atoms with E-state index in [1.165, 1.54) is 5.56 Å². The number of hydrogen-bond donors (Lipinski definition) is 2. The lowest BCUT2D eigenvalue weighted by atomic mass is 9.62. The minimum atomic E-state index is -1.15. The van der Waals surface area contributed by atoms with E-state index in [9.17, 15) is 5.11 Å². The van der Waals surface area contributed by atoms with Crippen molar-refractivity contribution in [1.29, 1.82) is 0 Å². The van der Waals surface area contributed by atoms with Crippen molar-refractivity contribution >= 4 is 0 Å². The topological polar surface area (TPSA) is 62.4 Å². The Morgan fingerprint density at radius 1 is 1.14 bits per heavy atom. The fourth-order valence-corrected chi connectivity index (χ4v) is 4.29. The second kappa shape index (κ2) is 7.57. The van der Waals surface area contributed by atoms with E-state index in [2.05, 4.69) is 73.8 Å². The summed E-state index contributed by atoms with van der Waals surface area (Å²) >= 11 is 0. The largest absolute Gasteiger partial charge is 0.380 e. The zero-order chi connectivity index (χ0) is 21.4. The number of pyridine rings is 1. The van der Waals surface area contributed by atoms with E-state index in [4.69, 9.17) is 5.73 Å². The Bertz CT molecular complexity index is 925. The van der Waals surface area contributed by atoms with Crippen LogP contribution >= 0.6 is 0 Å². The maximum absolute atomic E-state index is 12.2. The summed E-state index contributed by atoms with van der Waals surface area (Å²) < 4.78 is 0. The lowest BCUT2D eigenvalue weighted by Crippen LogP contribution is -2.63. The molecule has 29 heavy (non-hydrogen) atoms. The zero-order valence-corrected chi connectivity index (χ0v) is 18.5. The number of aliphatic hydroxyl groups is 1. The van der Waals surface area contributed by atoms with Crippen LogP contribution in [0.25, 0.3) is 0 Å². The third kappa shape index (κ3) is 4.23. The van der Waals surface area contributed by atoms with Crippen molar-refractivity contribution in [2.24, 2.45) is 11.1 Å². The Hall–Kier alpha value is -2.19. The molecule has 1 atom stereocenters. The summed E-state index contributed by atoms with van der Waals surface area (Å²) in [4.78, 5) is 6.62. The molecule has 2 heterocycles. The van der Waals surface area contributed by atoms with Gasteiger partial charge < -0.3 is 15.7 Å². The lowest BCUT2D eigenvalue weighted by molar-refractivity contribution is -0.127. The first kappa shape index (κ1) is 21.5. The molecule has 4 heteroatoms. The maximum Gasteiger partial charge on any atom is 0.124 e. The monoisotopic (exact) mass is 391 g/mol. The molecule has 0 bridgehead atoms. The van der Waals surface area contributed by atoms with Crippen LogP contribution in [0.3, 0.4) is 0 Å². The van der Waals surface area contributed by atoms with Gasteiger partial charge in [-0.15, -0.1) is 0 Å². The van der Waals surface area contributed by atoms with Gasteiger partial charge in [0, 0.05) is 42.0 Å². The van der Waals surface area contributed by atoms with Crippen LogP contribution in [0.4, 0.5) is 0 Å². The molecule has 0 spiro atoms. The number of rotatable bonds is 4. The van der Waals surface area contributed by atoms with Crippen molar-refractivity contribution in [3.8, 4) is 11.8 Å². The van der Waals surface area contributed by atoms with Crippen molar-refractivity contribution in [3.63, 3.8) is 0 Å². The van der Waals surface area contributed by atoms with Crippen LogP contribution in [0.15, 0.2) is 42.7 Å². The minimum absolute atomic E-state index is 0.317. The molecule has 0 radical (unpaired) electrons. The summed E-state index contributed by atoms with van der Waals surface area (Å²) in [5, 5.41) is 12.2. The average molecular weight is 392 g/mol. The first-order chi connectivity index (χ1) is 13.4. The Labute approximate surface area is 175 Å². The molecule has 1 aliphatic rings. The predicted molar refractivity (Wildman–Crippen MR) is 119 cm³/mol. The Kier molecular flexibility index (Phi) is 5.62. The summed E-state index contributed by atoms with van der Waals surface area (Å²) in [6.45, 7) is 11.8. The van der Waals surface area contributed by atoms with Crippen molar-refractivity contribution in [1.82, 2.24) is 9.88 Å². The highest BCUT2D eigenvalue weighted by atomic mass is 16.3. The number of nitrogens with two attached hydrogens (primary N) is 1. The fourth-order valence-electron chi connectivity index (χ4n) is 4.29. The Balaban J connectivity index is 2.11. The van der Waals surface area contributed by atoms with Gasteiger partial charge in [-0.2, -0.15) is 0 Å². The summed E-state index contributed by atoms with van der Waals surface area (Å²) in [6, 6.07) is 10.3. The van der Waals surface area contributed by atoms with Gasteiger partial charge in [-0.25, -0.2) is 0 Å². The molecule has 1 saturated heterocycles. The summed E-state index contributed by atoms with van der Waals surface area (Å²) in [5.74, 6) is 6.60. The van der Waals surface area contributed by atoms with Crippen LogP contribution in [0, 0.1) is 17.3 Å². The van der Waals surface area contributed by atoms with Crippen LogP contribution in [0.5, 0.6) is 0 Å². The molecular formula is C25H33N3O. The summed E-state index contributed by atoms with van der Waals surface area (Å²) in [5.41, 5.74) is 7.63. The van der Waals surface area contributed by atoms with Gasteiger partial charge in [0.1, 0.15) is 5.60 Å². The highest BCUT2D eigenvalue weighted by Gasteiger charge is 2.55. The smallest absolute Gasteiger partial charge is 0.124 e. The quantitative estimate of drug-likeness (QED) is 0.784. The van der Waals surface area contributed by atoms with Gasteiger partial charge in [0.05, 0.1) is 5.54 Å². The maximum atomic E-state index is 12.2. The van der Waals surface area contributed by atoms with E-state index in [1.54, 1.807) is 12.4 Å². The number of benzene rings is 1. The van der Waals surface area contributed by atoms with Gasteiger partial charge in [0.2, 0.25) is 0 Å². The zero-order valence-electron chi connectivity index (χ0n) is 18.5. The molecule has 3 rings (SSSR count). The van der Waals surface area contributed by atoms with Crippen molar-refractivity contribution in [2.45, 2.75) is 51.7 Å². The van der Waals surface area contributed by atoms with Gasteiger partial charge in [0.25, 0.3) is 0 Å². The predicted octanol–water partition coefficient (Wildman–Crippen LogP) is 3.48. The second-order valence-corrected chi connectivity index (χ2v) is 9.65. The molecule has 154 valence electrons. The molecule has 1 aromatic heterocycles. The van der Waals surface area contributed by atoms with E-state index in [0.717, 1.165) is 29.8 Å². The van der Waals surface area contributed by atoms with Crippen molar-refractivity contribution in [2.75, 3.05) is 20.1 Å². The third-order valence-corrected chi connectivity index (χ3v) is 5.79. The van der Waals surface area contributed by atoms with E-state index >= 15 is 0 Å². The Morgan fingerprint density at radius 2 is 1.76 bits per heavy atom.